The topological polar surface area (TPSA) is 155 Å². The van der Waals surface area contributed by atoms with Crippen LogP contribution in [0, 0.1) is 0 Å². The second-order valence-corrected chi connectivity index (χ2v) is 17.4. The number of H-pyrrole nitrogens is 1. The van der Waals surface area contributed by atoms with Gasteiger partial charge in [-0.15, -0.1) is 0 Å². The first-order valence-corrected chi connectivity index (χ1v) is 22.5. The Morgan fingerprint density at radius 2 is 1.65 bits per heavy atom. The normalized spacial score (nSPS) is 12.7. The number of anilines is 3. The molecule has 0 fully saturated rings. The van der Waals surface area contributed by atoms with Crippen molar-refractivity contribution in [1.82, 2.24) is 19.6 Å². The van der Waals surface area contributed by atoms with Gasteiger partial charge >= 0.3 is 0 Å². The zero-order chi connectivity index (χ0) is 43.3. The summed E-state index contributed by atoms with van der Waals surface area (Å²) in [6, 6.07) is 28.5. The van der Waals surface area contributed by atoms with Crippen molar-refractivity contribution >= 4 is 72.3 Å². The molecule has 0 unspecified atom stereocenters. The van der Waals surface area contributed by atoms with Crippen LogP contribution in [0.4, 0.5) is 17.1 Å². The molecule has 0 atom stereocenters. The molecule has 1 aliphatic heterocycles. The Bertz CT molecular complexity index is 2620. The minimum absolute atomic E-state index is 0.0339. The van der Waals surface area contributed by atoms with Crippen molar-refractivity contribution in [2.24, 2.45) is 0 Å². The minimum atomic E-state index is -3.77. The zero-order valence-corrected chi connectivity index (χ0v) is 36.2. The Kier molecular flexibility index (Phi) is 15.2. The van der Waals surface area contributed by atoms with Gasteiger partial charge in [0.05, 0.1) is 37.6 Å². The van der Waals surface area contributed by atoms with Gasteiger partial charge in [-0.2, -0.15) is 0 Å². The predicted molar refractivity (Wildman–Crippen MR) is 243 cm³/mol. The summed E-state index contributed by atoms with van der Waals surface area (Å²) in [7, 11) is -2.19. The van der Waals surface area contributed by atoms with E-state index in [1.165, 1.54) is 39.9 Å². The molecule has 0 radical (unpaired) electrons. The first-order valence-electron chi connectivity index (χ1n) is 20.7. The van der Waals surface area contributed by atoms with Gasteiger partial charge in [0.2, 0.25) is 15.9 Å². The van der Waals surface area contributed by atoms with Crippen molar-refractivity contribution in [3.8, 4) is 0 Å². The summed E-state index contributed by atoms with van der Waals surface area (Å²) in [6.07, 6.45) is 9.57. The molecule has 0 bridgehead atoms. The molecule has 2 amide bonds. The van der Waals surface area contributed by atoms with Crippen molar-refractivity contribution < 1.29 is 32.2 Å². The summed E-state index contributed by atoms with van der Waals surface area (Å²) in [4.78, 5) is 34.7. The van der Waals surface area contributed by atoms with E-state index in [0.717, 1.165) is 51.6 Å². The van der Waals surface area contributed by atoms with Crippen LogP contribution in [0.3, 0.4) is 0 Å². The number of para-hydroxylation sites is 1. The molecule has 3 N–H and O–H groups in total. The van der Waals surface area contributed by atoms with E-state index in [1.54, 1.807) is 25.4 Å². The number of halogens is 1. The number of aryl methyl sites for hydroxylation is 3. The lowest BCUT2D eigenvalue weighted by atomic mass is 10.0. The molecular weight excluding hydrogens is 828 g/mol. The number of sulfonamides is 1. The number of nitrogens with one attached hydrogen (secondary N) is 3. The molecule has 4 aromatic carbocycles. The highest BCUT2D eigenvalue weighted by molar-refractivity contribution is 7.89. The number of pyridine rings is 1. The molecule has 2 aromatic heterocycles. The average molecular weight is 879 g/mol. The number of nitrogens with zero attached hydrogens (tertiary/aromatic N) is 3. The molecule has 3 heterocycles. The van der Waals surface area contributed by atoms with Gasteiger partial charge in [-0.3, -0.25) is 14.6 Å². The van der Waals surface area contributed by atoms with Crippen LogP contribution < -0.4 is 15.5 Å². The van der Waals surface area contributed by atoms with Gasteiger partial charge in [-0.25, -0.2) is 12.7 Å². The Labute approximate surface area is 367 Å². The van der Waals surface area contributed by atoms with Crippen molar-refractivity contribution in [2.45, 2.75) is 37.0 Å². The molecule has 62 heavy (non-hydrogen) atoms. The van der Waals surface area contributed by atoms with Crippen molar-refractivity contribution in [2.75, 3.05) is 69.9 Å². The third-order valence-electron chi connectivity index (χ3n) is 10.7. The first-order chi connectivity index (χ1) is 30.2. The van der Waals surface area contributed by atoms with E-state index in [9.17, 15) is 18.0 Å². The van der Waals surface area contributed by atoms with Crippen LogP contribution in [0.2, 0.25) is 5.02 Å². The fourth-order valence-electron chi connectivity index (χ4n) is 7.44. The number of hydrogen-bond donors (Lipinski definition) is 3. The van der Waals surface area contributed by atoms with E-state index in [4.69, 9.17) is 25.8 Å². The van der Waals surface area contributed by atoms with Crippen molar-refractivity contribution in [1.29, 1.82) is 0 Å². The van der Waals surface area contributed by atoms with Crippen LogP contribution in [0.5, 0.6) is 0 Å². The lowest BCUT2D eigenvalue weighted by Gasteiger charge is -2.28. The lowest BCUT2D eigenvalue weighted by Crippen LogP contribution is -2.30. The molecule has 6 aromatic rings. The fraction of sp³-hybridized carbons (Fsp3) is 0.298. The Hall–Kier alpha value is -5.77. The number of carbonyl (C=O) groups excluding carboxylic acids is 2. The van der Waals surface area contributed by atoms with Crippen molar-refractivity contribution in [3.63, 3.8) is 0 Å². The monoisotopic (exact) mass is 878 g/mol. The maximum Gasteiger partial charge on any atom is 0.251 e. The number of rotatable bonds is 21. The third-order valence-corrected chi connectivity index (χ3v) is 12.8. The van der Waals surface area contributed by atoms with Crippen LogP contribution in [0.1, 0.15) is 29.5 Å². The average Bonchev–Trinajstić information content (AvgIpc) is 3.57. The summed E-state index contributed by atoms with van der Waals surface area (Å²) in [5.41, 5.74) is 8.23. The smallest absolute Gasteiger partial charge is 0.251 e. The lowest BCUT2D eigenvalue weighted by molar-refractivity contribution is -0.121. The molecule has 0 saturated heterocycles. The number of aromatic amines is 1. The van der Waals surface area contributed by atoms with Gasteiger partial charge in [0.25, 0.3) is 5.91 Å². The predicted octanol–water partition coefficient (Wildman–Crippen LogP) is 7.57. The third kappa shape index (κ3) is 11.6. The van der Waals surface area contributed by atoms with E-state index in [2.05, 4.69) is 55.8 Å². The summed E-state index contributed by atoms with van der Waals surface area (Å²) in [6.45, 7) is 2.96. The highest BCUT2D eigenvalue weighted by Gasteiger charge is 2.24. The second kappa shape index (κ2) is 21.3. The number of hydrogen-bond acceptors (Lipinski definition) is 9. The van der Waals surface area contributed by atoms with Gasteiger partial charge in [0.15, 0.2) is 0 Å². The molecule has 1 aliphatic rings. The first kappa shape index (κ1) is 44.3. The van der Waals surface area contributed by atoms with Crippen LogP contribution >= 0.6 is 11.6 Å². The van der Waals surface area contributed by atoms with Gasteiger partial charge in [0, 0.05) is 95.5 Å². The number of amides is 2. The van der Waals surface area contributed by atoms with Gasteiger partial charge in [-0.1, -0.05) is 48.0 Å². The van der Waals surface area contributed by atoms with Gasteiger partial charge in [-0.05, 0) is 97.0 Å². The maximum atomic E-state index is 13.4. The molecule has 0 saturated carbocycles. The van der Waals surface area contributed by atoms with E-state index in [0.29, 0.717) is 76.0 Å². The molecule has 15 heteroatoms. The van der Waals surface area contributed by atoms with Crippen LogP contribution in [-0.4, -0.2) is 94.2 Å². The van der Waals surface area contributed by atoms with E-state index in [1.807, 2.05) is 42.6 Å². The number of benzene rings is 4. The molecule has 0 aliphatic carbocycles. The van der Waals surface area contributed by atoms with Crippen LogP contribution in [-0.2, 0) is 53.1 Å². The summed E-state index contributed by atoms with van der Waals surface area (Å²) < 4.78 is 44.6. The molecule has 7 rings (SSSR count). The molecular formula is C47H51ClN6O7S. The highest BCUT2D eigenvalue weighted by Crippen LogP contribution is 2.37. The summed E-state index contributed by atoms with van der Waals surface area (Å²) in [5.74, 6) is -0.463. The quantitative estimate of drug-likeness (QED) is 0.0378. The number of aromatic nitrogens is 2. The maximum absolute atomic E-state index is 13.4. The standard InChI is InChI=1S/C47H51ClN6O7S/c1-53(23-4-24-54-44-6-3-2-5-35(44)9-10-36-11-12-37(48)32-45(36)54)62(57,58)39-15-13-38(14-16-39)51-47(56)20-25-59-27-29-61-30-28-60-26-22-50-46(55)18-8-34-7-17-40-41-33-49-21-19-42(41)52-43(40)31-34/h2-3,5-7,11-17,19-21,25,31-33,52H,4,8-10,18,22-24,26-30H2,1H3,(H,50,55)(H,51,56). The molecule has 13 nitrogen and oxygen atoms in total. The highest BCUT2D eigenvalue weighted by atomic mass is 35.5. The van der Waals surface area contributed by atoms with E-state index in [-0.39, 0.29) is 17.4 Å². The molecule has 0 spiro atoms. The van der Waals surface area contributed by atoms with E-state index < -0.39 is 15.9 Å². The second-order valence-electron chi connectivity index (χ2n) is 14.9. The van der Waals surface area contributed by atoms with Crippen LogP contribution in [0.15, 0.2) is 121 Å². The zero-order valence-electron chi connectivity index (χ0n) is 34.6. The summed E-state index contributed by atoms with van der Waals surface area (Å²) in [5, 5.41) is 8.46. The van der Waals surface area contributed by atoms with Crippen LogP contribution in [0.25, 0.3) is 21.8 Å². The number of fused-ring (bicyclic) bond motifs is 5. The SMILES string of the molecule is CN(CCCN1c2ccccc2CCc2ccc(Cl)cc21)S(=O)(=O)c1ccc(NC(=O)C=COCCOCCOCCNC(=O)CCc2ccc3c(c2)[nH]c2ccncc23)cc1. The largest absolute Gasteiger partial charge is 0.499 e. The van der Waals surface area contributed by atoms with Gasteiger partial charge < -0.3 is 34.7 Å². The number of ether oxygens (including phenoxy) is 3. The summed E-state index contributed by atoms with van der Waals surface area (Å²) >= 11 is 6.41. The Morgan fingerprint density at radius 3 is 2.48 bits per heavy atom. The Morgan fingerprint density at radius 1 is 0.871 bits per heavy atom. The molecule has 324 valence electrons. The number of carbonyl (C=O) groups is 2. The van der Waals surface area contributed by atoms with Crippen molar-refractivity contribution in [3.05, 3.63) is 137 Å². The van der Waals surface area contributed by atoms with E-state index >= 15 is 0 Å². The Balaban J connectivity index is 0.731. The fourth-order valence-corrected chi connectivity index (χ4v) is 8.81. The van der Waals surface area contributed by atoms with Gasteiger partial charge in [0.1, 0.15) is 6.61 Å². The minimum Gasteiger partial charge on any atom is -0.499 e.